The molecule has 1 heterocycles. The van der Waals surface area contributed by atoms with Crippen LogP contribution in [0.4, 0.5) is 0 Å². The first-order chi connectivity index (χ1) is 5.88. The summed E-state index contributed by atoms with van der Waals surface area (Å²) in [5, 5.41) is 12.2. The van der Waals surface area contributed by atoms with Crippen LogP contribution < -0.4 is 0 Å². The predicted molar refractivity (Wildman–Crippen MR) is 44.4 cm³/mol. The highest BCUT2D eigenvalue weighted by molar-refractivity contribution is 5.28. The quantitative estimate of drug-likeness (QED) is 0.641. The highest BCUT2D eigenvalue weighted by atomic mass is 16.5. The van der Waals surface area contributed by atoms with Crippen LogP contribution in [0.2, 0.25) is 0 Å². The van der Waals surface area contributed by atoms with E-state index in [1.165, 1.54) is 19.0 Å². The summed E-state index contributed by atoms with van der Waals surface area (Å²) in [6, 6.07) is 2.05. The molecule has 3 nitrogen and oxygen atoms in total. The summed E-state index contributed by atoms with van der Waals surface area (Å²) in [4.78, 5) is 0. The molecular weight excluding hydrogens is 152 g/mol. The average molecular weight is 164 g/mol. The van der Waals surface area contributed by atoms with Crippen molar-refractivity contribution in [2.45, 2.75) is 32.6 Å². The van der Waals surface area contributed by atoms with Gasteiger partial charge in [0.05, 0.1) is 6.20 Å². The fourth-order valence-corrected chi connectivity index (χ4v) is 1.07. The van der Waals surface area contributed by atoms with Crippen LogP contribution in [-0.4, -0.2) is 5.16 Å². The van der Waals surface area contributed by atoms with E-state index in [4.69, 9.17) is 9.78 Å². The molecule has 0 fully saturated rings. The number of nitrogens with zero attached hydrogens (tertiary/aromatic N) is 2. The summed E-state index contributed by atoms with van der Waals surface area (Å²) in [6.07, 6.45) is 5.72. The summed E-state index contributed by atoms with van der Waals surface area (Å²) >= 11 is 0. The van der Waals surface area contributed by atoms with Gasteiger partial charge in [-0.15, -0.1) is 0 Å². The molecule has 64 valence electrons. The van der Waals surface area contributed by atoms with Crippen molar-refractivity contribution in [2.24, 2.45) is 0 Å². The molecule has 0 unspecified atom stereocenters. The molecule has 0 aliphatic rings. The van der Waals surface area contributed by atoms with Crippen molar-refractivity contribution < 1.29 is 4.52 Å². The van der Waals surface area contributed by atoms with E-state index in [1.807, 2.05) is 6.07 Å². The standard InChI is InChI=1S/C9H12N2O/c1-2-3-4-5-9-8(6-10)7-11-12-9/h7H,2-5H2,1H3. The Bertz CT molecular complexity index is 272. The monoisotopic (exact) mass is 164 g/mol. The first kappa shape index (κ1) is 8.79. The molecule has 0 saturated carbocycles. The molecule has 0 N–H and O–H groups in total. The highest BCUT2D eigenvalue weighted by Crippen LogP contribution is 2.10. The number of aryl methyl sites for hydroxylation is 1. The van der Waals surface area contributed by atoms with Gasteiger partial charge < -0.3 is 4.52 Å². The molecule has 1 rings (SSSR count). The Labute approximate surface area is 72.0 Å². The number of hydrogen-bond acceptors (Lipinski definition) is 3. The molecule has 0 spiro atoms. The highest BCUT2D eigenvalue weighted by Gasteiger charge is 2.05. The first-order valence-corrected chi connectivity index (χ1v) is 4.22. The Hall–Kier alpha value is -1.30. The van der Waals surface area contributed by atoms with E-state index in [0.29, 0.717) is 5.56 Å². The molecule has 0 radical (unpaired) electrons. The second kappa shape index (κ2) is 4.55. The van der Waals surface area contributed by atoms with Gasteiger partial charge in [-0.25, -0.2) is 0 Å². The van der Waals surface area contributed by atoms with Crippen molar-refractivity contribution >= 4 is 0 Å². The molecule has 12 heavy (non-hydrogen) atoms. The van der Waals surface area contributed by atoms with Crippen LogP contribution in [0.5, 0.6) is 0 Å². The van der Waals surface area contributed by atoms with E-state index >= 15 is 0 Å². The second-order valence-electron chi connectivity index (χ2n) is 2.73. The second-order valence-corrected chi connectivity index (χ2v) is 2.73. The molecule has 0 aliphatic heterocycles. The van der Waals surface area contributed by atoms with Crippen molar-refractivity contribution in [1.29, 1.82) is 5.26 Å². The maximum Gasteiger partial charge on any atom is 0.154 e. The maximum absolute atomic E-state index is 8.61. The van der Waals surface area contributed by atoms with Gasteiger partial charge in [-0.2, -0.15) is 5.26 Å². The summed E-state index contributed by atoms with van der Waals surface area (Å²) in [7, 11) is 0. The molecule has 0 bridgehead atoms. The molecule has 0 aliphatic carbocycles. The fraction of sp³-hybridized carbons (Fsp3) is 0.556. The summed E-state index contributed by atoms with van der Waals surface area (Å²) in [5.74, 6) is 0.728. The fourth-order valence-electron chi connectivity index (χ4n) is 1.07. The Morgan fingerprint density at radius 2 is 2.42 bits per heavy atom. The zero-order valence-electron chi connectivity index (χ0n) is 7.21. The molecule has 3 heteroatoms. The molecule has 0 amide bonds. The molecular formula is C9H12N2O. The van der Waals surface area contributed by atoms with Crippen molar-refractivity contribution in [3.05, 3.63) is 17.5 Å². The van der Waals surface area contributed by atoms with Crippen molar-refractivity contribution in [2.75, 3.05) is 0 Å². The van der Waals surface area contributed by atoms with Crippen LogP contribution in [0.1, 0.15) is 37.5 Å². The lowest BCUT2D eigenvalue weighted by Gasteiger charge is -1.93. The average Bonchev–Trinajstić information content (AvgIpc) is 2.52. The van der Waals surface area contributed by atoms with E-state index in [9.17, 15) is 0 Å². The number of aromatic nitrogens is 1. The lowest BCUT2D eigenvalue weighted by atomic mass is 10.1. The van der Waals surface area contributed by atoms with Gasteiger partial charge >= 0.3 is 0 Å². The van der Waals surface area contributed by atoms with Crippen molar-refractivity contribution in [3.8, 4) is 6.07 Å². The van der Waals surface area contributed by atoms with Crippen molar-refractivity contribution in [1.82, 2.24) is 5.16 Å². The lowest BCUT2D eigenvalue weighted by molar-refractivity contribution is 0.379. The third-order valence-corrected chi connectivity index (χ3v) is 1.77. The SMILES string of the molecule is CCCCCc1oncc1C#N. The van der Waals surface area contributed by atoms with Crippen LogP contribution in [-0.2, 0) is 6.42 Å². The van der Waals surface area contributed by atoms with E-state index in [2.05, 4.69) is 12.1 Å². The minimum absolute atomic E-state index is 0.575. The molecule has 0 aromatic carbocycles. The van der Waals surface area contributed by atoms with E-state index in [1.54, 1.807) is 0 Å². The van der Waals surface area contributed by atoms with Gasteiger partial charge in [0.15, 0.2) is 5.76 Å². The predicted octanol–water partition coefficient (Wildman–Crippen LogP) is 2.28. The van der Waals surface area contributed by atoms with Crippen molar-refractivity contribution in [3.63, 3.8) is 0 Å². The largest absolute Gasteiger partial charge is 0.360 e. The van der Waals surface area contributed by atoms with Crippen LogP contribution >= 0.6 is 0 Å². The van der Waals surface area contributed by atoms with E-state index in [-0.39, 0.29) is 0 Å². The lowest BCUT2D eigenvalue weighted by Crippen LogP contribution is -1.85. The van der Waals surface area contributed by atoms with Gasteiger partial charge in [0.25, 0.3) is 0 Å². The molecule has 0 saturated heterocycles. The number of nitriles is 1. The Morgan fingerprint density at radius 1 is 1.58 bits per heavy atom. The normalized spacial score (nSPS) is 9.67. The summed E-state index contributed by atoms with van der Waals surface area (Å²) in [6.45, 7) is 2.14. The van der Waals surface area contributed by atoms with Crippen LogP contribution in [0, 0.1) is 11.3 Å². The van der Waals surface area contributed by atoms with E-state index in [0.717, 1.165) is 18.6 Å². The van der Waals surface area contributed by atoms with Gasteiger partial charge in [-0.1, -0.05) is 24.9 Å². The zero-order valence-corrected chi connectivity index (χ0v) is 7.21. The Balaban J connectivity index is 2.46. The smallest absolute Gasteiger partial charge is 0.154 e. The Morgan fingerprint density at radius 3 is 3.08 bits per heavy atom. The summed E-state index contributed by atoms with van der Waals surface area (Å²) in [5.41, 5.74) is 0.575. The van der Waals surface area contributed by atoms with Gasteiger partial charge in [-0.05, 0) is 6.42 Å². The minimum atomic E-state index is 0.575. The third-order valence-electron chi connectivity index (χ3n) is 1.77. The maximum atomic E-state index is 8.61. The zero-order chi connectivity index (χ0) is 8.81. The molecule has 1 aromatic heterocycles. The summed E-state index contributed by atoms with van der Waals surface area (Å²) < 4.78 is 4.93. The first-order valence-electron chi connectivity index (χ1n) is 4.22. The minimum Gasteiger partial charge on any atom is -0.360 e. The van der Waals surface area contributed by atoms with Gasteiger partial charge in [0, 0.05) is 6.42 Å². The third kappa shape index (κ3) is 2.09. The topological polar surface area (TPSA) is 49.8 Å². The Kier molecular flexibility index (Phi) is 3.34. The van der Waals surface area contributed by atoms with Crippen LogP contribution in [0.25, 0.3) is 0 Å². The number of hydrogen-bond donors (Lipinski definition) is 0. The van der Waals surface area contributed by atoms with E-state index < -0.39 is 0 Å². The van der Waals surface area contributed by atoms with Gasteiger partial charge in [0.1, 0.15) is 11.6 Å². The van der Waals surface area contributed by atoms with Crippen LogP contribution in [0.15, 0.2) is 10.7 Å². The molecule has 1 aromatic rings. The van der Waals surface area contributed by atoms with Gasteiger partial charge in [-0.3, -0.25) is 0 Å². The molecule has 0 atom stereocenters. The number of unbranched alkanes of at least 4 members (excludes halogenated alkanes) is 2. The number of rotatable bonds is 4. The van der Waals surface area contributed by atoms with Gasteiger partial charge in [0.2, 0.25) is 0 Å². The van der Waals surface area contributed by atoms with Crippen LogP contribution in [0.3, 0.4) is 0 Å².